The van der Waals surface area contributed by atoms with E-state index in [1.54, 1.807) is 7.11 Å². The number of rotatable bonds is 5. The first-order chi connectivity index (χ1) is 15.0. The smallest absolute Gasteiger partial charge is 0.238 e. The minimum absolute atomic E-state index is 0.186. The first-order valence-electron chi connectivity index (χ1n) is 11.1. The van der Waals surface area contributed by atoms with Crippen LogP contribution >= 0.6 is 15.9 Å². The van der Waals surface area contributed by atoms with Crippen LogP contribution in [0.1, 0.15) is 43.2 Å². The number of anilines is 1. The Bertz CT molecular complexity index is 979. The molecule has 0 atom stereocenters. The van der Waals surface area contributed by atoms with Crippen molar-refractivity contribution in [1.82, 2.24) is 4.90 Å². The summed E-state index contributed by atoms with van der Waals surface area (Å²) in [6, 6.07) is 12.2. The second-order valence-electron chi connectivity index (χ2n) is 9.10. The monoisotopic (exact) mass is 484 g/mol. The minimum atomic E-state index is -0.378. The Kier molecular flexibility index (Phi) is 5.47. The van der Waals surface area contributed by atoms with Crippen LogP contribution in [0.3, 0.4) is 0 Å². The molecule has 6 heteroatoms. The average Bonchev–Trinajstić information content (AvgIpc) is 2.98. The summed E-state index contributed by atoms with van der Waals surface area (Å²) in [5.41, 5.74) is 2.82. The lowest BCUT2D eigenvalue weighted by Crippen LogP contribution is -2.44. The van der Waals surface area contributed by atoms with E-state index >= 15 is 0 Å². The maximum absolute atomic E-state index is 13.7. The van der Waals surface area contributed by atoms with Gasteiger partial charge in [-0.2, -0.15) is 0 Å². The number of hydrogen-bond donors (Lipinski definition) is 0. The number of methoxy groups -OCH3 is 1. The van der Waals surface area contributed by atoms with Crippen LogP contribution in [0.5, 0.6) is 11.5 Å². The van der Waals surface area contributed by atoms with E-state index in [1.165, 1.54) is 0 Å². The first kappa shape index (κ1) is 20.8. The topological polar surface area (TPSA) is 42.0 Å². The van der Waals surface area contributed by atoms with Crippen molar-refractivity contribution in [3.8, 4) is 11.5 Å². The van der Waals surface area contributed by atoms with Gasteiger partial charge in [0.15, 0.2) is 0 Å². The lowest BCUT2D eigenvalue weighted by molar-refractivity contribution is -0.126. The Morgan fingerprint density at radius 1 is 1.13 bits per heavy atom. The van der Waals surface area contributed by atoms with Crippen LogP contribution in [0.2, 0.25) is 0 Å². The number of carbonyl (C=O) groups excluding carboxylic acids is 1. The highest BCUT2D eigenvalue weighted by molar-refractivity contribution is 9.10. The number of likely N-dealkylation sites (tertiary alicyclic amines) is 1. The Balaban J connectivity index is 1.51. The van der Waals surface area contributed by atoms with Gasteiger partial charge in [0.2, 0.25) is 5.91 Å². The molecule has 164 valence electrons. The average molecular weight is 485 g/mol. The number of carbonyl (C=O) groups is 1. The number of halogens is 1. The van der Waals surface area contributed by atoms with E-state index in [0.29, 0.717) is 6.54 Å². The summed E-state index contributed by atoms with van der Waals surface area (Å²) in [7, 11) is 3.82. The Labute approximate surface area is 192 Å². The summed E-state index contributed by atoms with van der Waals surface area (Å²) < 4.78 is 12.8. The van der Waals surface area contributed by atoms with Gasteiger partial charge in [-0.05, 0) is 68.1 Å². The van der Waals surface area contributed by atoms with Gasteiger partial charge in [-0.3, -0.25) is 4.79 Å². The van der Waals surface area contributed by atoms with E-state index in [-0.39, 0.29) is 17.4 Å². The first-order valence-corrected chi connectivity index (χ1v) is 11.9. The van der Waals surface area contributed by atoms with Gasteiger partial charge in [-0.1, -0.05) is 34.5 Å². The molecule has 31 heavy (non-hydrogen) atoms. The highest BCUT2D eigenvalue weighted by Gasteiger charge is 2.55. The normalized spacial score (nSPS) is 20.6. The molecule has 1 saturated carbocycles. The molecule has 3 aliphatic rings. The summed E-state index contributed by atoms with van der Waals surface area (Å²) in [5.74, 6) is 1.88. The van der Waals surface area contributed by atoms with Gasteiger partial charge < -0.3 is 19.3 Å². The van der Waals surface area contributed by atoms with E-state index in [2.05, 4.69) is 33.9 Å². The Hall–Kier alpha value is -2.05. The predicted octanol–water partition coefficient (Wildman–Crippen LogP) is 4.90. The van der Waals surface area contributed by atoms with Crippen LogP contribution in [-0.4, -0.2) is 44.2 Å². The van der Waals surface area contributed by atoms with E-state index in [9.17, 15) is 4.79 Å². The predicted molar refractivity (Wildman–Crippen MR) is 125 cm³/mol. The molecule has 2 fully saturated rings. The lowest BCUT2D eigenvalue weighted by Gasteiger charge is -2.37. The summed E-state index contributed by atoms with van der Waals surface area (Å²) in [6.45, 7) is 2.63. The molecule has 1 saturated heterocycles. The molecule has 1 amide bonds. The molecule has 0 N–H and O–H groups in total. The van der Waals surface area contributed by atoms with Crippen LogP contribution in [0.4, 0.5) is 5.69 Å². The summed E-state index contributed by atoms with van der Waals surface area (Å²) in [6.07, 6.45) is 5.14. The second-order valence-corrected chi connectivity index (χ2v) is 10.0. The Morgan fingerprint density at radius 3 is 2.45 bits per heavy atom. The van der Waals surface area contributed by atoms with Gasteiger partial charge in [-0.15, -0.1) is 0 Å². The quantitative estimate of drug-likeness (QED) is 0.605. The number of fused-ring (bicyclic) bond motifs is 2. The summed E-state index contributed by atoms with van der Waals surface area (Å²) >= 11 is 3.69. The number of amides is 1. The molecule has 0 radical (unpaired) electrons. The maximum Gasteiger partial charge on any atom is 0.238 e. The largest absolute Gasteiger partial charge is 0.497 e. The third-order valence-electron chi connectivity index (χ3n) is 7.15. The van der Waals surface area contributed by atoms with Crippen LogP contribution in [-0.2, 0) is 16.8 Å². The van der Waals surface area contributed by atoms with E-state index in [1.807, 2.05) is 35.2 Å². The minimum Gasteiger partial charge on any atom is -0.497 e. The zero-order chi connectivity index (χ0) is 21.6. The lowest BCUT2D eigenvalue weighted by atomic mass is 9.65. The van der Waals surface area contributed by atoms with Crippen molar-refractivity contribution >= 4 is 27.5 Å². The molecule has 5 nitrogen and oxygen atoms in total. The van der Waals surface area contributed by atoms with Gasteiger partial charge in [0.25, 0.3) is 0 Å². The van der Waals surface area contributed by atoms with Crippen LogP contribution in [0.15, 0.2) is 40.9 Å². The standard InChI is InChI=1S/C25H29BrN2O3/c1-27-12-8-20(9-13-27)31-22-15-18(26)14-21-23(22)28(24(29)25(21)10-3-11-25)16-17-4-6-19(30-2)7-5-17/h4-7,14-15,20H,3,8-13,16H2,1-2H3. The zero-order valence-electron chi connectivity index (χ0n) is 18.2. The van der Waals surface area contributed by atoms with Crippen molar-refractivity contribution < 1.29 is 14.3 Å². The van der Waals surface area contributed by atoms with Gasteiger partial charge in [0.05, 0.1) is 24.8 Å². The van der Waals surface area contributed by atoms with Gasteiger partial charge in [-0.25, -0.2) is 0 Å². The fraction of sp³-hybridized carbons (Fsp3) is 0.480. The van der Waals surface area contributed by atoms with Crippen molar-refractivity contribution in [2.45, 2.75) is 50.2 Å². The highest BCUT2D eigenvalue weighted by atomic mass is 79.9. The van der Waals surface area contributed by atoms with Gasteiger partial charge in [0, 0.05) is 17.6 Å². The van der Waals surface area contributed by atoms with Crippen molar-refractivity contribution in [2.75, 3.05) is 32.1 Å². The second kappa shape index (κ2) is 8.14. The van der Waals surface area contributed by atoms with E-state index < -0.39 is 0 Å². The molecule has 2 heterocycles. The third-order valence-corrected chi connectivity index (χ3v) is 7.60. The molecular weight excluding hydrogens is 456 g/mol. The van der Waals surface area contributed by atoms with Crippen molar-refractivity contribution in [3.63, 3.8) is 0 Å². The third kappa shape index (κ3) is 3.64. The summed E-state index contributed by atoms with van der Waals surface area (Å²) in [5, 5.41) is 0. The Morgan fingerprint density at radius 2 is 1.84 bits per heavy atom. The number of ether oxygens (including phenoxy) is 2. The molecule has 2 aliphatic heterocycles. The molecule has 5 rings (SSSR count). The molecule has 2 aromatic rings. The molecule has 0 aromatic heterocycles. The van der Waals surface area contributed by atoms with Gasteiger partial charge in [0.1, 0.15) is 17.6 Å². The van der Waals surface area contributed by atoms with Crippen molar-refractivity contribution in [2.24, 2.45) is 0 Å². The fourth-order valence-electron chi connectivity index (χ4n) is 5.14. The number of benzene rings is 2. The molecule has 2 aromatic carbocycles. The van der Waals surface area contributed by atoms with Crippen LogP contribution < -0.4 is 14.4 Å². The van der Waals surface area contributed by atoms with E-state index in [0.717, 1.165) is 78.0 Å². The van der Waals surface area contributed by atoms with Crippen LogP contribution in [0, 0.1) is 0 Å². The molecule has 1 aliphatic carbocycles. The molecule has 0 unspecified atom stereocenters. The molecule has 0 bridgehead atoms. The molecule has 1 spiro atoms. The number of piperidine rings is 1. The zero-order valence-corrected chi connectivity index (χ0v) is 19.8. The maximum atomic E-state index is 13.7. The van der Waals surface area contributed by atoms with Crippen molar-refractivity contribution in [1.29, 1.82) is 0 Å². The van der Waals surface area contributed by atoms with Gasteiger partial charge >= 0.3 is 0 Å². The fourth-order valence-corrected chi connectivity index (χ4v) is 5.58. The molecular formula is C25H29BrN2O3. The number of hydrogen-bond acceptors (Lipinski definition) is 4. The van der Waals surface area contributed by atoms with E-state index in [4.69, 9.17) is 9.47 Å². The highest BCUT2D eigenvalue weighted by Crippen LogP contribution is 2.57. The number of nitrogens with zero attached hydrogens (tertiary/aromatic N) is 2. The van der Waals surface area contributed by atoms with Crippen molar-refractivity contribution in [3.05, 3.63) is 52.0 Å². The van der Waals surface area contributed by atoms with Crippen LogP contribution in [0.25, 0.3) is 0 Å². The SMILES string of the molecule is COc1ccc(CN2C(=O)C3(CCC3)c3cc(Br)cc(OC4CCN(C)CC4)c32)cc1. The summed E-state index contributed by atoms with van der Waals surface area (Å²) in [4.78, 5) is 18.0.